The van der Waals surface area contributed by atoms with Crippen molar-refractivity contribution in [2.45, 2.75) is 87.0 Å². The molecule has 0 aliphatic carbocycles. The highest BCUT2D eigenvalue weighted by Crippen LogP contribution is 2.00. The first kappa shape index (κ1) is 23.3. The number of rotatable bonds is 5. The topological polar surface area (TPSA) is 0 Å². The van der Waals surface area contributed by atoms with Gasteiger partial charge < -0.3 is 0 Å². The van der Waals surface area contributed by atoms with Gasteiger partial charge in [0.15, 0.2) is 0 Å². The Morgan fingerprint density at radius 3 is 1.37 bits per heavy atom. The lowest BCUT2D eigenvalue weighted by Gasteiger charge is -1.93. The quantitative estimate of drug-likeness (QED) is 0.491. The fourth-order valence-corrected chi connectivity index (χ4v) is 1.43. The lowest BCUT2D eigenvalue weighted by atomic mass is 10.1. The van der Waals surface area contributed by atoms with Crippen molar-refractivity contribution in [2.24, 2.45) is 0 Å². The van der Waals surface area contributed by atoms with Crippen molar-refractivity contribution in [3.8, 4) is 0 Å². The highest BCUT2D eigenvalue weighted by molar-refractivity contribution is 5.14. The van der Waals surface area contributed by atoms with E-state index >= 15 is 0 Å². The lowest BCUT2D eigenvalue weighted by Crippen LogP contribution is -1.78. The Balaban J connectivity index is -0.000000224. The summed E-state index contributed by atoms with van der Waals surface area (Å²) in [6.45, 7) is 14.7. The summed E-state index contributed by atoms with van der Waals surface area (Å²) in [5.74, 6) is 0. The van der Waals surface area contributed by atoms with E-state index in [0.717, 1.165) is 0 Å². The summed E-state index contributed by atoms with van der Waals surface area (Å²) >= 11 is 0. The van der Waals surface area contributed by atoms with Gasteiger partial charge in [-0.15, -0.1) is 0 Å². The molecule has 0 nitrogen and oxygen atoms in total. The summed E-state index contributed by atoms with van der Waals surface area (Å²) in [5, 5.41) is 0. The monoisotopic (exact) mass is 266 g/mol. The van der Waals surface area contributed by atoms with Gasteiger partial charge in [-0.25, -0.2) is 0 Å². The summed E-state index contributed by atoms with van der Waals surface area (Å²) in [6, 6.07) is 10.6. The van der Waals surface area contributed by atoms with Crippen molar-refractivity contribution in [1.29, 1.82) is 0 Å². The summed E-state index contributed by atoms with van der Waals surface area (Å²) in [7, 11) is 0. The van der Waals surface area contributed by atoms with Crippen LogP contribution in [-0.2, 0) is 6.42 Å². The van der Waals surface area contributed by atoms with E-state index in [1.807, 2.05) is 27.7 Å². The fourth-order valence-electron chi connectivity index (χ4n) is 1.43. The number of unbranched alkanes of at least 4 members (excludes halogenated alkanes) is 3. The van der Waals surface area contributed by atoms with Crippen LogP contribution in [0.5, 0.6) is 0 Å². The summed E-state index contributed by atoms with van der Waals surface area (Å²) in [4.78, 5) is 0. The molecule has 0 heteroatoms. The van der Waals surface area contributed by atoms with Crippen LogP contribution in [0.25, 0.3) is 0 Å². The highest BCUT2D eigenvalue weighted by Gasteiger charge is 1.84. The molecule has 114 valence electrons. The van der Waals surface area contributed by atoms with E-state index in [9.17, 15) is 0 Å². The molecule has 0 saturated carbocycles. The zero-order chi connectivity index (χ0) is 15.4. The Labute approximate surface area is 123 Å². The maximum absolute atomic E-state index is 2.23. The molecule has 1 aromatic carbocycles. The molecular formula is C19H38. The summed E-state index contributed by atoms with van der Waals surface area (Å²) in [5.41, 5.74) is 1.44. The van der Waals surface area contributed by atoms with Crippen LogP contribution in [0.2, 0.25) is 0 Å². The summed E-state index contributed by atoms with van der Waals surface area (Å²) in [6.07, 6.45) is 7.99. The maximum atomic E-state index is 2.23. The molecule has 0 amide bonds. The number of aryl methyl sites for hydroxylation is 1. The van der Waals surface area contributed by atoms with E-state index in [4.69, 9.17) is 0 Å². The molecule has 0 bridgehead atoms. The largest absolute Gasteiger partial charge is 0.0683 e. The Morgan fingerprint density at radius 1 is 0.632 bits per heavy atom. The second kappa shape index (κ2) is 25.9. The second-order valence-electron chi connectivity index (χ2n) is 3.94. The Kier molecular flexibility index (Phi) is 31.8. The van der Waals surface area contributed by atoms with Gasteiger partial charge in [0.1, 0.15) is 0 Å². The van der Waals surface area contributed by atoms with Gasteiger partial charge in [-0.1, -0.05) is 111 Å². The predicted molar refractivity (Wildman–Crippen MR) is 92.9 cm³/mol. The molecule has 0 aromatic heterocycles. The Morgan fingerprint density at radius 2 is 1.05 bits per heavy atom. The van der Waals surface area contributed by atoms with Gasteiger partial charge in [-0.05, 0) is 12.0 Å². The molecule has 0 saturated heterocycles. The van der Waals surface area contributed by atoms with Crippen molar-refractivity contribution in [3.63, 3.8) is 0 Å². The molecule has 1 rings (SSSR count). The predicted octanol–water partition coefficient (Wildman–Crippen LogP) is 7.28. The normalized spacial score (nSPS) is 7.95. The van der Waals surface area contributed by atoms with Gasteiger partial charge >= 0.3 is 0 Å². The molecule has 0 atom stereocenters. The van der Waals surface area contributed by atoms with Gasteiger partial charge in [-0.3, -0.25) is 0 Å². The van der Waals surface area contributed by atoms with E-state index in [1.165, 1.54) is 44.1 Å². The van der Waals surface area contributed by atoms with Crippen molar-refractivity contribution in [3.05, 3.63) is 35.9 Å². The van der Waals surface area contributed by atoms with Crippen molar-refractivity contribution in [1.82, 2.24) is 0 Å². The van der Waals surface area contributed by atoms with Gasteiger partial charge in [0.25, 0.3) is 0 Å². The van der Waals surface area contributed by atoms with Crippen LogP contribution in [0.1, 0.15) is 86.1 Å². The molecule has 0 spiro atoms. The summed E-state index contributed by atoms with van der Waals surface area (Å²) < 4.78 is 0. The third-order valence-corrected chi connectivity index (χ3v) is 2.34. The average Bonchev–Trinajstić information content (AvgIpc) is 2.51. The number of hydrogen-bond acceptors (Lipinski definition) is 0. The maximum Gasteiger partial charge on any atom is -0.0281 e. The van der Waals surface area contributed by atoms with Crippen molar-refractivity contribution >= 4 is 0 Å². The van der Waals surface area contributed by atoms with Crippen LogP contribution in [0.4, 0.5) is 0 Å². The molecule has 0 heterocycles. The molecule has 0 aliphatic rings. The first-order chi connectivity index (χ1) is 9.35. The first-order valence-corrected chi connectivity index (χ1v) is 8.39. The van der Waals surface area contributed by atoms with Crippen LogP contribution in [0.15, 0.2) is 30.3 Å². The van der Waals surface area contributed by atoms with E-state index in [2.05, 4.69) is 51.1 Å². The third kappa shape index (κ3) is 22.8. The third-order valence-electron chi connectivity index (χ3n) is 2.34. The molecule has 1 aromatic rings. The van der Waals surface area contributed by atoms with Crippen molar-refractivity contribution in [2.75, 3.05) is 0 Å². The minimum atomic E-state index is 1.21. The van der Waals surface area contributed by atoms with Crippen LogP contribution >= 0.6 is 0 Å². The van der Waals surface area contributed by atoms with Gasteiger partial charge in [0, 0.05) is 0 Å². The minimum absolute atomic E-state index is 1.21. The molecule has 0 aliphatic heterocycles. The SMILES string of the molecule is CC.CC.CCCCCC.CCCc1ccccc1. The highest BCUT2D eigenvalue weighted by atomic mass is 13.9. The minimum Gasteiger partial charge on any atom is -0.0683 e. The van der Waals surface area contributed by atoms with Crippen LogP contribution in [-0.4, -0.2) is 0 Å². The van der Waals surface area contributed by atoms with Gasteiger partial charge in [0.05, 0.1) is 0 Å². The van der Waals surface area contributed by atoms with E-state index in [0.29, 0.717) is 0 Å². The Bertz CT molecular complexity index is 197. The van der Waals surface area contributed by atoms with Crippen molar-refractivity contribution < 1.29 is 0 Å². The van der Waals surface area contributed by atoms with E-state index in [1.54, 1.807) is 0 Å². The number of hydrogen-bond donors (Lipinski definition) is 0. The molecule has 0 radical (unpaired) electrons. The number of benzene rings is 1. The van der Waals surface area contributed by atoms with Crippen LogP contribution in [0.3, 0.4) is 0 Å². The lowest BCUT2D eigenvalue weighted by molar-refractivity contribution is 0.702. The second-order valence-corrected chi connectivity index (χ2v) is 3.94. The molecule has 0 N–H and O–H groups in total. The average molecular weight is 267 g/mol. The zero-order valence-corrected chi connectivity index (χ0v) is 14.6. The van der Waals surface area contributed by atoms with Crippen LogP contribution < -0.4 is 0 Å². The molecule has 19 heavy (non-hydrogen) atoms. The van der Waals surface area contributed by atoms with E-state index in [-0.39, 0.29) is 0 Å². The van der Waals surface area contributed by atoms with Gasteiger partial charge in [0.2, 0.25) is 0 Å². The first-order valence-electron chi connectivity index (χ1n) is 8.39. The fraction of sp³-hybridized carbons (Fsp3) is 0.684. The Hall–Kier alpha value is -0.780. The molecule has 0 unspecified atom stereocenters. The van der Waals surface area contributed by atoms with E-state index < -0.39 is 0 Å². The smallest absolute Gasteiger partial charge is 0.0281 e. The van der Waals surface area contributed by atoms with Gasteiger partial charge in [-0.2, -0.15) is 0 Å². The zero-order valence-electron chi connectivity index (χ0n) is 14.6. The molecular weight excluding hydrogens is 228 g/mol. The standard InChI is InChI=1S/C9H12.C6H14.2C2H6/c1-2-6-9-7-4-3-5-8-9;1-3-5-6-4-2;2*1-2/h3-5,7-8H,2,6H2,1H3;3-6H2,1-2H3;2*1-2H3. The molecule has 0 fully saturated rings. The van der Waals surface area contributed by atoms with Crippen LogP contribution in [0, 0.1) is 0 Å².